The Morgan fingerprint density at radius 2 is 2.25 bits per heavy atom. The van der Waals surface area contributed by atoms with Gasteiger partial charge in [-0.3, -0.25) is 4.79 Å². The number of piperidine rings is 1. The van der Waals surface area contributed by atoms with E-state index in [1.807, 2.05) is 11.8 Å². The van der Waals surface area contributed by atoms with Crippen LogP contribution in [0, 0.1) is 5.92 Å². The van der Waals surface area contributed by atoms with Gasteiger partial charge in [-0.15, -0.1) is 0 Å². The molecule has 0 aromatic rings. The summed E-state index contributed by atoms with van der Waals surface area (Å²) in [6.45, 7) is 9.78. The molecule has 1 aliphatic heterocycles. The third kappa shape index (κ3) is 3.76. The van der Waals surface area contributed by atoms with Crippen molar-refractivity contribution in [3.8, 4) is 0 Å². The van der Waals surface area contributed by atoms with Crippen molar-refractivity contribution in [2.75, 3.05) is 32.8 Å². The summed E-state index contributed by atoms with van der Waals surface area (Å²) in [7, 11) is 0. The SMILES string of the molecule is CCNC1CCN(C(=O)COCC)CC1C. The van der Waals surface area contributed by atoms with E-state index < -0.39 is 0 Å². The maximum Gasteiger partial charge on any atom is 0.248 e. The lowest BCUT2D eigenvalue weighted by Crippen LogP contribution is -2.50. The van der Waals surface area contributed by atoms with Crippen LogP contribution in [0.3, 0.4) is 0 Å². The second-order valence-corrected chi connectivity index (χ2v) is 4.41. The minimum atomic E-state index is 0.128. The number of carbonyl (C=O) groups excluding carboxylic acids is 1. The molecule has 1 fully saturated rings. The minimum Gasteiger partial charge on any atom is -0.372 e. The fourth-order valence-corrected chi connectivity index (χ4v) is 2.22. The van der Waals surface area contributed by atoms with Gasteiger partial charge in [-0.1, -0.05) is 13.8 Å². The Balaban J connectivity index is 2.35. The highest BCUT2D eigenvalue weighted by atomic mass is 16.5. The van der Waals surface area contributed by atoms with Gasteiger partial charge in [0.05, 0.1) is 0 Å². The molecule has 4 heteroatoms. The second kappa shape index (κ2) is 6.86. The largest absolute Gasteiger partial charge is 0.372 e. The Morgan fingerprint density at radius 1 is 1.50 bits per heavy atom. The molecule has 2 unspecified atom stereocenters. The molecule has 0 aromatic carbocycles. The van der Waals surface area contributed by atoms with Gasteiger partial charge >= 0.3 is 0 Å². The Kier molecular flexibility index (Phi) is 5.77. The van der Waals surface area contributed by atoms with Crippen molar-refractivity contribution < 1.29 is 9.53 Å². The first-order chi connectivity index (χ1) is 7.69. The number of nitrogens with zero attached hydrogens (tertiary/aromatic N) is 1. The molecule has 1 saturated heterocycles. The van der Waals surface area contributed by atoms with E-state index in [1.165, 1.54) is 0 Å². The first-order valence-corrected chi connectivity index (χ1v) is 6.27. The zero-order chi connectivity index (χ0) is 12.0. The molecular weight excluding hydrogens is 204 g/mol. The van der Waals surface area contributed by atoms with Crippen LogP contribution in [0.5, 0.6) is 0 Å². The number of amides is 1. The van der Waals surface area contributed by atoms with E-state index in [2.05, 4.69) is 19.2 Å². The molecule has 94 valence electrons. The topological polar surface area (TPSA) is 41.6 Å². The van der Waals surface area contributed by atoms with Crippen molar-refractivity contribution in [3.63, 3.8) is 0 Å². The minimum absolute atomic E-state index is 0.128. The number of carbonyl (C=O) groups is 1. The van der Waals surface area contributed by atoms with E-state index in [-0.39, 0.29) is 12.5 Å². The highest BCUT2D eigenvalue weighted by molar-refractivity contribution is 5.77. The molecule has 0 aliphatic carbocycles. The molecule has 1 heterocycles. The van der Waals surface area contributed by atoms with Gasteiger partial charge < -0.3 is 15.0 Å². The summed E-state index contributed by atoms with van der Waals surface area (Å²) in [5.74, 6) is 0.655. The molecule has 0 radical (unpaired) electrons. The molecule has 0 spiro atoms. The van der Waals surface area contributed by atoms with Crippen LogP contribution < -0.4 is 5.32 Å². The molecule has 4 nitrogen and oxygen atoms in total. The second-order valence-electron chi connectivity index (χ2n) is 4.41. The highest BCUT2D eigenvalue weighted by Gasteiger charge is 2.27. The maximum absolute atomic E-state index is 11.7. The van der Waals surface area contributed by atoms with E-state index >= 15 is 0 Å². The summed E-state index contributed by atoms with van der Waals surface area (Å²) < 4.78 is 5.15. The Hall–Kier alpha value is -0.610. The van der Waals surface area contributed by atoms with Crippen LogP contribution in [0.25, 0.3) is 0 Å². The van der Waals surface area contributed by atoms with Gasteiger partial charge in [-0.2, -0.15) is 0 Å². The molecule has 1 rings (SSSR count). The van der Waals surface area contributed by atoms with Gasteiger partial charge in [0.1, 0.15) is 6.61 Å². The molecule has 1 aliphatic rings. The van der Waals surface area contributed by atoms with Crippen LogP contribution in [0.2, 0.25) is 0 Å². The standard InChI is InChI=1S/C12H24N2O2/c1-4-13-11-6-7-14(8-10(11)3)12(15)9-16-5-2/h10-11,13H,4-9H2,1-3H3. The van der Waals surface area contributed by atoms with Crippen LogP contribution in [-0.2, 0) is 9.53 Å². The average molecular weight is 228 g/mol. The fourth-order valence-electron chi connectivity index (χ4n) is 2.22. The molecule has 1 amide bonds. The lowest BCUT2D eigenvalue weighted by atomic mass is 9.94. The molecule has 1 N–H and O–H groups in total. The van der Waals surface area contributed by atoms with Gasteiger partial charge in [0.2, 0.25) is 5.91 Å². The summed E-state index contributed by atoms with van der Waals surface area (Å²) in [4.78, 5) is 13.7. The number of nitrogens with one attached hydrogen (secondary N) is 1. The fraction of sp³-hybridized carbons (Fsp3) is 0.917. The van der Waals surface area contributed by atoms with Crippen LogP contribution in [0.15, 0.2) is 0 Å². The van der Waals surface area contributed by atoms with Gasteiger partial charge in [0, 0.05) is 25.7 Å². The van der Waals surface area contributed by atoms with Gasteiger partial charge in [0.25, 0.3) is 0 Å². The summed E-state index contributed by atoms with van der Waals surface area (Å²) >= 11 is 0. The third-order valence-corrected chi connectivity index (χ3v) is 3.15. The predicted molar refractivity (Wildman–Crippen MR) is 64.3 cm³/mol. The van der Waals surface area contributed by atoms with Crippen molar-refractivity contribution >= 4 is 5.91 Å². The Morgan fingerprint density at radius 3 is 2.81 bits per heavy atom. The van der Waals surface area contributed by atoms with Crippen LogP contribution >= 0.6 is 0 Å². The van der Waals surface area contributed by atoms with Crippen molar-refractivity contribution in [1.82, 2.24) is 10.2 Å². The zero-order valence-corrected chi connectivity index (χ0v) is 10.7. The molecular formula is C12H24N2O2. The number of ether oxygens (including phenoxy) is 1. The number of hydrogen-bond donors (Lipinski definition) is 1. The Labute approximate surface area is 98.3 Å². The highest BCUT2D eigenvalue weighted by Crippen LogP contribution is 2.16. The zero-order valence-electron chi connectivity index (χ0n) is 10.7. The first kappa shape index (κ1) is 13.5. The quantitative estimate of drug-likeness (QED) is 0.759. The number of hydrogen-bond acceptors (Lipinski definition) is 3. The van der Waals surface area contributed by atoms with Gasteiger partial charge in [-0.05, 0) is 25.8 Å². The summed E-state index contributed by atoms with van der Waals surface area (Å²) in [5, 5.41) is 3.47. The lowest BCUT2D eigenvalue weighted by Gasteiger charge is -2.37. The summed E-state index contributed by atoms with van der Waals surface area (Å²) in [6.07, 6.45) is 1.05. The lowest BCUT2D eigenvalue weighted by molar-refractivity contribution is -0.138. The van der Waals surface area contributed by atoms with E-state index in [4.69, 9.17) is 4.74 Å². The van der Waals surface area contributed by atoms with E-state index in [1.54, 1.807) is 0 Å². The Bertz CT molecular complexity index is 221. The summed E-state index contributed by atoms with van der Waals surface area (Å²) in [5.41, 5.74) is 0. The van der Waals surface area contributed by atoms with Gasteiger partial charge in [-0.25, -0.2) is 0 Å². The molecule has 0 aromatic heterocycles. The molecule has 16 heavy (non-hydrogen) atoms. The van der Waals surface area contributed by atoms with Crippen molar-refractivity contribution in [2.45, 2.75) is 33.2 Å². The molecule has 2 atom stereocenters. The van der Waals surface area contributed by atoms with Crippen LogP contribution in [0.1, 0.15) is 27.2 Å². The monoisotopic (exact) mass is 228 g/mol. The average Bonchev–Trinajstić information content (AvgIpc) is 2.29. The summed E-state index contributed by atoms with van der Waals surface area (Å²) in [6, 6.07) is 0.557. The van der Waals surface area contributed by atoms with Crippen molar-refractivity contribution in [2.24, 2.45) is 5.92 Å². The smallest absolute Gasteiger partial charge is 0.248 e. The molecule has 0 saturated carbocycles. The number of likely N-dealkylation sites (tertiary alicyclic amines) is 1. The number of rotatable bonds is 5. The predicted octanol–water partition coefficient (Wildman–Crippen LogP) is 0.869. The van der Waals surface area contributed by atoms with E-state index in [9.17, 15) is 4.79 Å². The first-order valence-electron chi connectivity index (χ1n) is 6.27. The van der Waals surface area contributed by atoms with Crippen LogP contribution in [0.4, 0.5) is 0 Å². The van der Waals surface area contributed by atoms with E-state index in [0.29, 0.717) is 18.6 Å². The van der Waals surface area contributed by atoms with Gasteiger partial charge in [0.15, 0.2) is 0 Å². The maximum atomic E-state index is 11.7. The molecule has 0 bridgehead atoms. The van der Waals surface area contributed by atoms with Crippen LogP contribution in [-0.4, -0.2) is 49.7 Å². The normalized spacial score (nSPS) is 25.8. The van der Waals surface area contributed by atoms with Crippen molar-refractivity contribution in [3.05, 3.63) is 0 Å². The van der Waals surface area contributed by atoms with E-state index in [0.717, 1.165) is 26.1 Å². The van der Waals surface area contributed by atoms with Crippen molar-refractivity contribution in [1.29, 1.82) is 0 Å². The third-order valence-electron chi connectivity index (χ3n) is 3.15.